The van der Waals surface area contributed by atoms with Crippen LogP contribution in [0.15, 0.2) is 50.8 Å². The molecule has 5 rings (SSSR count). The summed E-state index contributed by atoms with van der Waals surface area (Å²) in [5, 5.41) is 3.45. The van der Waals surface area contributed by atoms with Crippen LogP contribution in [-0.4, -0.2) is 28.3 Å². The van der Waals surface area contributed by atoms with Gasteiger partial charge in [-0.2, -0.15) is 0 Å². The molecule has 0 unspecified atom stereocenters. The molecule has 0 atom stereocenters. The van der Waals surface area contributed by atoms with Crippen molar-refractivity contribution >= 4 is 60.8 Å². The summed E-state index contributed by atoms with van der Waals surface area (Å²) in [7, 11) is 1.56. The molecule has 4 aromatic rings. The Kier molecular flexibility index (Phi) is 7.14. The molecule has 0 spiro atoms. The molecule has 2 aromatic heterocycles. The second-order valence-electron chi connectivity index (χ2n) is 8.21. The maximum Gasteiger partial charge on any atom is 0.267 e. The van der Waals surface area contributed by atoms with Crippen molar-refractivity contribution in [1.82, 2.24) is 9.55 Å². The van der Waals surface area contributed by atoms with E-state index in [0.717, 1.165) is 49.1 Å². The second-order valence-corrected chi connectivity index (χ2v) is 11.1. The van der Waals surface area contributed by atoms with Gasteiger partial charge in [-0.05, 0) is 77.5 Å². The molecule has 0 fully saturated rings. The van der Waals surface area contributed by atoms with Gasteiger partial charge < -0.3 is 10.1 Å². The van der Waals surface area contributed by atoms with E-state index in [1.165, 1.54) is 20.8 Å². The first-order valence-corrected chi connectivity index (χ1v) is 13.7. The maximum atomic E-state index is 14.2. The van der Waals surface area contributed by atoms with E-state index < -0.39 is 17.5 Å². The second kappa shape index (κ2) is 10.3. The molecule has 0 aliphatic heterocycles. The Labute approximate surface area is 221 Å². The molecule has 0 radical (unpaired) electrons. The SMILES string of the molecule is COc1ccc(-n2c(SCC(=O)Nc3c(F)cc(F)cc3Br)nc3sc4c(c3c2=O)CCCC4)cc1. The topological polar surface area (TPSA) is 73.2 Å². The average molecular weight is 592 g/mol. The lowest BCUT2D eigenvalue weighted by atomic mass is 9.97. The van der Waals surface area contributed by atoms with Crippen molar-refractivity contribution in [2.24, 2.45) is 0 Å². The molecule has 0 saturated heterocycles. The molecule has 0 bridgehead atoms. The van der Waals surface area contributed by atoms with Crippen LogP contribution in [0.3, 0.4) is 0 Å². The van der Waals surface area contributed by atoms with Crippen LogP contribution < -0.4 is 15.6 Å². The van der Waals surface area contributed by atoms with Crippen molar-refractivity contribution in [3.63, 3.8) is 0 Å². The number of carbonyl (C=O) groups is 1. The van der Waals surface area contributed by atoms with Gasteiger partial charge in [0.05, 0.1) is 29.6 Å². The smallest absolute Gasteiger partial charge is 0.267 e. The van der Waals surface area contributed by atoms with Crippen molar-refractivity contribution in [3.8, 4) is 11.4 Å². The number of thioether (sulfide) groups is 1. The van der Waals surface area contributed by atoms with Crippen LogP contribution in [0.2, 0.25) is 0 Å². The zero-order valence-corrected chi connectivity index (χ0v) is 22.3. The van der Waals surface area contributed by atoms with E-state index in [9.17, 15) is 18.4 Å². The number of carbonyl (C=O) groups excluding carboxylic acids is 1. The van der Waals surface area contributed by atoms with Crippen LogP contribution in [0.5, 0.6) is 5.75 Å². The highest BCUT2D eigenvalue weighted by molar-refractivity contribution is 9.10. The molecule has 6 nitrogen and oxygen atoms in total. The summed E-state index contributed by atoms with van der Waals surface area (Å²) in [5.41, 5.74) is 1.34. The third-order valence-electron chi connectivity index (χ3n) is 5.89. The van der Waals surface area contributed by atoms with Crippen LogP contribution in [0, 0.1) is 11.6 Å². The highest BCUT2D eigenvalue weighted by Crippen LogP contribution is 2.35. The third kappa shape index (κ3) is 4.79. The number of amides is 1. The summed E-state index contributed by atoms with van der Waals surface area (Å²) < 4.78 is 34.4. The number of ether oxygens (including phenoxy) is 1. The fraction of sp³-hybridized carbons (Fsp3) is 0.240. The zero-order chi connectivity index (χ0) is 25.4. The van der Waals surface area contributed by atoms with Crippen molar-refractivity contribution in [3.05, 3.63) is 73.3 Å². The molecule has 2 aromatic carbocycles. The van der Waals surface area contributed by atoms with Gasteiger partial charge in [0.1, 0.15) is 16.4 Å². The molecule has 1 N–H and O–H groups in total. The summed E-state index contributed by atoms with van der Waals surface area (Å²) in [6, 6.07) is 8.81. The monoisotopic (exact) mass is 591 g/mol. The van der Waals surface area contributed by atoms with E-state index in [-0.39, 0.29) is 21.5 Å². The number of halogens is 3. The average Bonchev–Trinajstić information content (AvgIpc) is 3.24. The summed E-state index contributed by atoms with van der Waals surface area (Å²) in [6.45, 7) is 0. The lowest BCUT2D eigenvalue weighted by molar-refractivity contribution is -0.113. The number of aromatic nitrogens is 2. The molecule has 11 heteroatoms. The number of benzene rings is 2. The number of anilines is 1. The van der Waals surface area contributed by atoms with Crippen LogP contribution in [0.4, 0.5) is 14.5 Å². The molecule has 0 saturated carbocycles. The predicted molar refractivity (Wildman–Crippen MR) is 142 cm³/mol. The van der Waals surface area contributed by atoms with Crippen molar-refractivity contribution < 1.29 is 18.3 Å². The fourth-order valence-corrected chi connectivity index (χ4v) is 6.83. The minimum Gasteiger partial charge on any atom is -0.497 e. The Morgan fingerprint density at radius 2 is 1.97 bits per heavy atom. The van der Waals surface area contributed by atoms with E-state index in [4.69, 9.17) is 9.72 Å². The van der Waals surface area contributed by atoms with Crippen molar-refractivity contribution in [1.29, 1.82) is 0 Å². The predicted octanol–water partition coefficient (Wildman–Crippen LogP) is 6.11. The van der Waals surface area contributed by atoms with Crippen LogP contribution in [0.25, 0.3) is 15.9 Å². The maximum absolute atomic E-state index is 14.2. The van der Waals surface area contributed by atoms with Crippen LogP contribution >= 0.6 is 39.0 Å². The van der Waals surface area contributed by atoms with Gasteiger partial charge >= 0.3 is 0 Å². The lowest BCUT2D eigenvalue weighted by Gasteiger charge is -2.14. The zero-order valence-electron chi connectivity index (χ0n) is 19.1. The number of methoxy groups -OCH3 is 1. The molecule has 1 aliphatic carbocycles. The number of hydrogen-bond acceptors (Lipinski definition) is 6. The van der Waals surface area contributed by atoms with Crippen LogP contribution in [-0.2, 0) is 17.6 Å². The van der Waals surface area contributed by atoms with Crippen molar-refractivity contribution in [2.75, 3.05) is 18.2 Å². The minimum absolute atomic E-state index is 0.0946. The Morgan fingerprint density at radius 3 is 2.69 bits per heavy atom. The molecule has 1 amide bonds. The molecule has 36 heavy (non-hydrogen) atoms. The largest absolute Gasteiger partial charge is 0.497 e. The van der Waals surface area contributed by atoms with E-state index in [0.29, 0.717) is 32.9 Å². The first-order valence-electron chi connectivity index (χ1n) is 11.1. The Bertz CT molecular complexity index is 1510. The number of hydrogen-bond donors (Lipinski definition) is 1. The summed E-state index contributed by atoms with van der Waals surface area (Å²) in [4.78, 5) is 33.1. The van der Waals surface area contributed by atoms with Gasteiger partial charge in [-0.25, -0.2) is 13.8 Å². The van der Waals surface area contributed by atoms with Gasteiger partial charge in [0.15, 0.2) is 11.0 Å². The summed E-state index contributed by atoms with van der Waals surface area (Å²) >= 11 is 5.68. The highest BCUT2D eigenvalue weighted by Gasteiger charge is 2.23. The number of fused-ring (bicyclic) bond motifs is 3. The first kappa shape index (κ1) is 24.9. The summed E-state index contributed by atoms with van der Waals surface area (Å²) in [6.07, 6.45) is 3.90. The van der Waals surface area contributed by atoms with Gasteiger partial charge in [0, 0.05) is 15.4 Å². The van der Waals surface area contributed by atoms with Crippen LogP contribution in [0.1, 0.15) is 23.3 Å². The van der Waals surface area contributed by atoms with Gasteiger partial charge in [-0.1, -0.05) is 11.8 Å². The number of nitrogens with zero attached hydrogens (tertiary/aromatic N) is 2. The van der Waals surface area contributed by atoms with Gasteiger partial charge in [-0.3, -0.25) is 14.2 Å². The van der Waals surface area contributed by atoms with E-state index in [1.807, 2.05) is 0 Å². The standard InChI is InChI=1S/C25H20BrF2N3O3S2/c1-34-15-8-6-14(7-9-15)31-24(33)21-16-4-2-3-5-19(16)36-23(21)30-25(31)35-12-20(32)29-22-17(26)10-13(27)11-18(22)28/h6-11H,2-5,12H2,1H3,(H,29,32). The number of nitrogens with one attached hydrogen (secondary N) is 1. The van der Waals surface area contributed by atoms with Gasteiger partial charge in [-0.15, -0.1) is 11.3 Å². The quantitative estimate of drug-likeness (QED) is 0.216. The summed E-state index contributed by atoms with van der Waals surface area (Å²) in [5.74, 6) is -1.66. The molecular formula is C25H20BrF2N3O3S2. The third-order valence-corrected chi connectivity index (χ3v) is 8.64. The molecular weight excluding hydrogens is 572 g/mol. The van der Waals surface area contributed by atoms with E-state index in [2.05, 4.69) is 21.2 Å². The minimum atomic E-state index is -0.890. The highest BCUT2D eigenvalue weighted by atomic mass is 79.9. The van der Waals surface area contributed by atoms with Crippen molar-refractivity contribution in [2.45, 2.75) is 30.8 Å². The van der Waals surface area contributed by atoms with Gasteiger partial charge in [0.25, 0.3) is 5.56 Å². The normalized spacial score (nSPS) is 13.0. The van der Waals surface area contributed by atoms with Gasteiger partial charge in [0.2, 0.25) is 5.91 Å². The Balaban J connectivity index is 1.51. The molecule has 1 aliphatic rings. The van der Waals surface area contributed by atoms with E-state index >= 15 is 0 Å². The number of thiophene rings is 1. The first-order chi connectivity index (χ1) is 17.4. The molecule has 186 valence electrons. The van der Waals surface area contributed by atoms with E-state index in [1.54, 1.807) is 31.4 Å². The molecule has 2 heterocycles. The Hall–Kier alpha value is -2.76. The lowest BCUT2D eigenvalue weighted by Crippen LogP contribution is -2.23. The number of rotatable bonds is 6. The fourth-order valence-electron chi connectivity index (χ4n) is 4.21. The number of aryl methyl sites for hydroxylation is 2. The Morgan fingerprint density at radius 1 is 1.22 bits per heavy atom.